The second-order valence-electron chi connectivity index (χ2n) is 9.72. The van der Waals surface area contributed by atoms with E-state index < -0.39 is 22.9 Å². The molecule has 0 saturated carbocycles. The van der Waals surface area contributed by atoms with E-state index in [4.69, 9.17) is 10.5 Å². The van der Waals surface area contributed by atoms with Gasteiger partial charge in [-0.2, -0.15) is 0 Å². The summed E-state index contributed by atoms with van der Waals surface area (Å²) in [5.74, 6) is 5.54. The highest BCUT2D eigenvalue weighted by molar-refractivity contribution is 8.01. The second-order valence-corrected chi connectivity index (χ2v) is 11.0. The molecule has 0 aromatic heterocycles. The summed E-state index contributed by atoms with van der Waals surface area (Å²) in [6, 6.07) is 24.1. The molecule has 7 nitrogen and oxygen atoms in total. The number of hydrogen-bond donors (Lipinski definition) is 2. The Bertz CT molecular complexity index is 1390. The van der Waals surface area contributed by atoms with Crippen LogP contribution in [-0.2, 0) is 9.53 Å². The minimum Gasteiger partial charge on any atom is -0.444 e. The number of nitrogens with one attached hydrogen (secondary N) is 1. The number of anilines is 1. The number of nitrogens with zero attached hydrogens (tertiary/aromatic N) is 1. The van der Waals surface area contributed by atoms with Gasteiger partial charge in [-0.3, -0.25) is 14.5 Å². The van der Waals surface area contributed by atoms with E-state index in [-0.39, 0.29) is 17.8 Å². The topological polar surface area (TPSA) is 102 Å². The summed E-state index contributed by atoms with van der Waals surface area (Å²) in [5.41, 5.74) is 8.35. The normalized spacial score (nSPS) is 16.9. The van der Waals surface area contributed by atoms with Gasteiger partial charge >= 0.3 is 6.09 Å². The van der Waals surface area contributed by atoms with E-state index in [0.29, 0.717) is 11.3 Å². The molecule has 2 atom stereocenters. The first-order chi connectivity index (χ1) is 18.1. The summed E-state index contributed by atoms with van der Waals surface area (Å²) >= 11 is 1.42. The van der Waals surface area contributed by atoms with E-state index in [1.165, 1.54) is 11.8 Å². The minimum absolute atomic E-state index is 0.0988. The summed E-state index contributed by atoms with van der Waals surface area (Å²) in [4.78, 5) is 39.2. The van der Waals surface area contributed by atoms with E-state index in [2.05, 4.69) is 17.2 Å². The molecule has 1 aliphatic rings. The Morgan fingerprint density at radius 3 is 2.26 bits per heavy atom. The molecule has 3 aromatic carbocycles. The van der Waals surface area contributed by atoms with Crippen LogP contribution in [0.1, 0.15) is 53.2 Å². The molecule has 3 amide bonds. The predicted octanol–water partition coefficient (Wildman–Crippen LogP) is 4.86. The van der Waals surface area contributed by atoms with Crippen LogP contribution in [0.25, 0.3) is 0 Å². The van der Waals surface area contributed by atoms with Crippen molar-refractivity contribution in [1.82, 2.24) is 5.32 Å². The molecule has 8 heteroatoms. The average Bonchev–Trinajstić information content (AvgIpc) is 3.22. The van der Waals surface area contributed by atoms with E-state index in [9.17, 15) is 14.4 Å². The molecule has 0 bridgehead atoms. The Labute approximate surface area is 226 Å². The van der Waals surface area contributed by atoms with Crippen molar-refractivity contribution in [3.05, 3.63) is 101 Å². The van der Waals surface area contributed by atoms with E-state index in [0.717, 1.165) is 16.7 Å². The number of hydrogen-bond acceptors (Lipinski definition) is 5. The standard InChI is InChI=1S/C30H29N3O4S/c1-30(2,3)37-29(36)32-19-25-27(35)33(24-11-7-10-23(18-24)26(31)34)28(38-25)22-16-14-21(15-17-22)13-12-20-8-5-4-6-9-20/h4-11,14-18,25,28H,19H2,1-3H3,(H2,31,34)(H,32,36)/t25-,28+/m1/s1. The first-order valence-corrected chi connectivity index (χ1v) is 13.1. The maximum Gasteiger partial charge on any atom is 0.407 e. The maximum atomic E-state index is 13.6. The molecule has 38 heavy (non-hydrogen) atoms. The fourth-order valence-electron chi connectivity index (χ4n) is 3.87. The van der Waals surface area contributed by atoms with Crippen LogP contribution in [0.5, 0.6) is 0 Å². The molecule has 1 aliphatic heterocycles. The third kappa shape index (κ3) is 6.75. The minimum atomic E-state index is -0.647. The molecule has 0 spiro atoms. The third-order valence-corrected chi connectivity index (χ3v) is 7.04. The summed E-state index contributed by atoms with van der Waals surface area (Å²) in [7, 11) is 0. The first-order valence-electron chi connectivity index (χ1n) is 12.1. The number of nitrogens with two attached hydrogens (primary N) is 1. The molecule has 1 fully saturated rings. The zero-order chi connectivity index (χ0) is 27.3. The Morgan fingerprint density at radius 2 is 1.63 bits per heavy atom. The lowest BCUT2D eigenvalue weighted by Gasteiger charge is -2.24. The second kappa shape index (κ2) is 11.4. The van der Waals surface area contributed by atoms with Crippen LogP contribution in [0.2, 0.25) is 0 Å². The number of ether oxygens (including phenoxy) is 1. The van der Waals surface area contributed by atoms with Gasteiger partial charge < -0.3 is 15.8 Å². The predicted molar refractivity (Wildman–Crippen MR) is 150 cm³/mol. The van der Waals surface area contributed by atoms with Crippen LogP contribution in [0.15, 0.2) is 78.9 Å². The lowest BCUT2D eigenvalue weighted by atomic mass is 10.1. The highest BCUT2D eigenvalue weighted by atomic mass is 32.2. The SMILES string of the molecule is CC(C)(C)OC(=O)NC[C@H]1S[C@@H](c2ccc(C#Cc3ccccc3)cc2)N(c2cccc(C(N)=O)c2)C1=O. The Kier molecular flexibility index (Phi) is 8.08. The molecular weight excluding hydrogens is 498 g/mol. The number of primary amides is 1. The lowest BCUT2D eigenvalue weighted by Crippen LogP contribution is -2.40. The molecule has 4 rings (SSSR count). The highest BCUT2D eigenvalue weighted by Gasteiger charge is 2.42. The van der Waals surface area contributed by atoms with Crippen LogP contribution in [0.3, 0.4) is 0 Å². The van der Waals surface area contributed by atoms with Crippen molar-refractivity contribution in [3.63, 3.8) is 0 Å². The largest absolute Gasteiger partial charge is 0.444 e. The summed E-state index contributed by atoms with van der Waals surface area (Å²) in [5, 5.41) is 1.77. The Hall–Kier alpha value is -4.22. The molecule has 194 valence electrons. The number of carbonyl (C=O) groups is 3. The summed E-state index contributed by atoms with van der Waals surface area (Å²) in [6.07, 6.45) is -0.585. The number of thioether (sulfide) groups is 1. The molecular formula is C30H29N3O4S. The van der Waals surface area contributed by atoms with E-state index in [1.807, 2.05) is 54.6 Å². The van der Waals surface area contributed by atoms with Gasteiger partial charge in [0.2, 0.25) is 11.8 Å². The molecule has 0 radical (unpaired) electrons. The molecule has 0 aliphatic carbocycles. The monoisotopic (exact) mass is 527 g/mol. The molecule has 3 aromatic rings. The number of benzene rings is 3. The van der Waals surface area contributed by atoms with Crippen molar-refractivity contribution in [2.24, 2.45) is 5.73 Å². The molecule has 0 unspecified atom stereocenters. The number of amides is 3. The van der Waals surface area contributed by atoms with Gasteiger partial charge in [-0.05, 0) is 68.8 Å². The van der Waals surface area contributed by atoms with Crippen molar-refractivity contribution in [1.29, 1.82) is 0 Å². The zero-order valence-corrected chi connectivity index (χ0v) is 22.2. The lowest BCUT2D eigenvalue weighted by molar-refractivity contribution is -0.117. The Balaban J connectivity index is 1.59. The van der Waals surface area contributed by atoms with Gasteiger partial charge in [0.25, 0.3) is 0 Å². The quantitative estimate of drug-likeness (QED) is 0.462. The molecule has 1 heterocycles. The van der Waals surface area contributed by atoms with Crippen molar-refractivity contribution < 1.29 is 19.1 Å². The molecule has 3 N–H and O–H groups in total. The van der Waals surface area contributed by atoms with Crippen molar-refractivity contribution in [2.45, 2.75) is 37.0 Å². The van der Waals surface area contributed by atoms with Crippen molar-refractivity contribution in [2.75, 3.05) is 11.4 Å². The van der Waals surface area contributed by atoms with Gasteiger partial charge in [0.15, 0.2) is 0 Å². The van der Waals surface area contributed by atoms with Gasteiger partial charge in [-0.15, -0.1) is 11.8 Å². The fourth-order valence-corrected chi connectivity index (χ4v) is 5.25. The van der Waals surface area contributed by atoms with Crippen LogP contribution in [0, 0.1) is 11.8 Å². The van der Waals surface area contributed by atoms with Gasteiger partial charge in [-0.25, -0.2) is 4.79 Å². The van der Waals surface area contributed by atoms with E-state index in [1.54, 1.807) is 49.9 Å². The number of carbonyl (C=O) groups excluding carboxylic acids is 3. The van der Waals surface area contributed by atoms with Gasteiger partial charge in [0.05, 0.1) is 0 Å². The smallest absolute Gasteiger partial charge is 0.407 e. The fraction of sp³-hybridized carbons (Fsp3) is 0.233. The maximum absolute atomic E-state index is 13.6. The van der Waals surface area contributed by atoms with Crippen molar-refractivity contribution >= 4 is 35.4 Å². The van der Waals surface area contributed by atoms with Gasteiger partial charge in [0, 0.05) is 28.9 Å². The number of rotatable bonds is 5. The highest BCUT2D eigenvalue weighted by Crippen LogP contribution is 2.45. The molecule has 1 saturated heterocycles. The summed E-state index contributed by atoms with van der Waals surface area (Å²) < 4.78 is 5.32. The Morgan fingerprint density at radius 1 is 0.974 bits per heavy atom. The third-order valence-electron chi connectivity index (χ3n) is 5.60. The van der Waals surface area contributed by atoms with Crippen molar-refractivity contribution in [3.8, 4) is 11.8 Å². The van der Waals surface area contributed by atoms with Crippen LogP contribution in [0.4, 0.5) is 10.5 Å². The van der Waals surface area contributed by atoms with Gasteiger partial charge in [0.1, 0.15) is 16.2 Å². The van der Waals surface area contributed by atoms with Crippen LogP contribution in [-0.4, -0.2) is 35.3 Å². The zero-order valence-electron chi connectivity index (χ0n) is 21.4. The number of alkyl carbamates (subject to hydrolysis) is 1. The first kappa shape index (κ1) is 26.8. The van der Waals surface area contributed by atoms with Crippen LogP contribution < -0.4 is 16.0 Å². The summed E-state index contributed by atoms with van der Waals surface area (Å²) in [6.45, 7) is 5.43. The average molecular weight is 528 g/mol. The van der Waals surface area contributed by atoms with E-state index >= 15 is 0 Å². The van der Waals surface area contributed by atoms with Crippen LogP contribution >= 0.6 is 11.8 Å². The van der Waals surface area contributed by atoms with Gasteiger partial charge in [-0.1, -0.05) is 48.2 Å².